The van der Waals surface area contributed by atoms with E-state index in [1.807, 2.05) is 0 Å². The van der Waals surface area contributed by atoms with Crippen LogP contribution in [0.3, 0.4) is 0 Å². The van der Waals surface area contributed by atoms with Gasteiger partial charge in [0.1, 0.15) is 0 Å². The Morgan fingerprint density at radius 2 is 2.00 bits per heavy atom. The van der Waals surface area contributed by atoms with Crippen molar-refractivity contribution in [1.29, 1.82) is 0 Å². The summed E-state index contributed by atoms with van der Waals surface area (Å²) in [5, 5.41) is 0. The highest BCUT2D eigenvalue weighted by atomic mass is 32.2. The molecule has 0 radical (unpaired) electrons. The molecule has 0 aliphatic rings. The molecule has 0 saturated carbocycles. The third-order valence-corrected chi connectivity index (χ3v) is 2.70. The van der Waals surface area contributed by atoms with E-state index in [1.54, 1.807) is 12.0 Å². The molecule has 16 heavy (non-hydrogen) atoms. The summed E-state index contributed by atoms with van der Waals surface area (Å²) in [6.07, 6.45) is 1.84. The lowest BCUT2D eigenvalue weighted by atomic mass is 10.4. The normalized spacial score (nSPS) is 11.4. The molecule has 0 atom stereocenters. The molecule has 96 valence electrons. The van der Waals surface area contributed by atoms with Crippen molar-refractivity contribution in [2.45, 2.75) is 13.3 Å². The van der Waals surface area contributed by atoms with Crippen LogP contribution in [0.25, 0.3) is 0 Å². The van der Waals surface area contributed by atoms with Gasteiger partial charge in [0.05, 0.1) is 6.26 Å². The van der Waals surface area contributed by atoms with Crippen molar-refractivity contribution in [3.8, 4) is 0 Å². The van der Waals surface area contributed by atoms with Gasteiger partial charge in [-0.2, -0.15) is 0 Å². The van der Waals surface area contributed by atoms with Gasteiger partial charge >= 0.3 is 0 Å². The van der Waals surface area contributed by atoms with E-state index in [-0.39, 0.29) is 12.5 Å². The molecule has 0 heterocycles. The SMILES string of the molecule is COCCCN(CCNS(C)(=O)=O)C(C)=O. The lowest BCUT2D eigenvalue weighted by Gasteiger charge is -2.20. The van der Waals surface area contributed by atoms with E-state index in [9.17, 15) is 13.2 Å². The van der Waals surface area contributed by atoms with E-state index >= 15 is 0 Å². The van der Waals surface area contributed by atoms with Crippen LogP contribution in [0.5, 0.6) is 0 Å². The van der Waals surface area contributed by atoms with Crippen LogP contribution in [0.4, 0.5) is 0 Å². The number of nitrogens with zero attached hydrogens (tertiary/aromatic N) is 1. The molecule has 1 N–H and O–H groups in total. The standard InChI is InChI=1S/C9H20N2O4S/c1-9(12)11(6-4-8-15-2)7-5-10-16(3,13)14/h10H,4-8H2,1-3H3. The maximum absolute atomic E-state index is 11.2. The van der Waals surface area contributed by atoms with Crippen LogP contribution in [0.1, 0.15) is 13.3 Å². The summed E-state index contributed by atoms with van der Waals surface area (Å²) < 4.78 is 28.8. The Labute approximate surface area is 97.0 Å². The highest BCUT2D eigenvalue weighted by Crippen LogP contribution is 1.93. The number of sulfonamides is 1. The van der Waals surface area contributed by atoms with Crippen LogP contribution >= 0.6 is 0 Å². The second-order valence-electron chi connectivity index (χ2n) is 3.52. The van der Waals surface area contributed by atoms with Crippen molar-refractivity contribution in [3.63, 3.8) is 0 Å². The predicted molar refractivity (Wildman–Crippen MR) is 61.6 cm³/mol. The molecule has 0 spiro atoms. The number of hydrogen-bond acceptors (Lipinski definition) is 4. The third kappa shape index (κ3) is 8.63. The molecule has 0 fully saturated rings. The second kappa shape index (κ2) is 7.59. The first-order valence-corrected chi connectivity index (χ1v) is 6.95. The Hall–Kier alpha value is -0.660. The zero-order chi connectivity index (χ0) is 12.6. The molecule has 0 aromatic heterocycles. The summed E-state index contributed by atoms with van der Waals surface area (Å²) in [6, 6.07) is 0. The summed E-state index contributed by atoms with van der Waals surface area (Å²) in [6.45, 7) is 3.25. The molecule has 0 aliphatic carbocycles. The van der Waals surface area contributed by atoms with Gasteiger partial charge < -0.3 is 9.64 Å². The van der Waals surface area contributed by atoms with E-state index in [4.69, 9.17) is 4.74 Å². The molecule has 0 aliphatic heterocycles. The van der Waals surface area contributed by atoms with Gasteiger partial charge in [0.15, 0.2) is 0 Å². The lowest BCUT2D eigenvalue weighted by Crippen LogP contribution is -2.38. The van der Waals surface area contributed by atoms with Gasteiger partial charge in [0, 0.05) is 40.3 Å². The van der Waals surface area contributed by atoms with Gasteiger partial charge in [-0.3, -0.25) is 4.79 Å². The Bertz CT molecular complexity index is 303. The van der Waals surface area contributed by atoms with Crippen LogP contribution in [-0.2, 0) is 19.6 Å². The Balaban J connectivity index is 3.90. The van der Waals surface area contributed by atoms with Crippen molar-refractivity contribution >= 4 is 15.9 Å². The van der Waals surface area contributed by atoms with Gasteiger partial charge in [-0.25, -0.2) is 13.1 Å². The fourth-order valence-electron chi connectivity index (χ4n) is 1.19. The first-order valence-electron chi connectivity index (χ1n) is 5.06. The Kier molecular flexibility index (Phi) is 7.27. The lowest BCUT2D eigenvalue weighted by molar-refractivity contribution is -0.128. The number of hydrogen-bond donors (Lipinski definition) is 1. The van der Waals surface area contributed by atoms with Crippen molar-refractivity contribution in [1.82, 2.24) is 9.62 Å². The van der Waals surface area contributed by atoms with E-state index in [0.717, 1.165) is 12.7 Å². The van der Waals surface area contributed by atoms with Gasteiger partial charge in [-0.15, -0.1) is 0 Å². The Morgan fingerprint density at radius 1 is 1.38 bits per heavy atom. The molecule has 0 unspecified atom stereocenters. The summed E-state index contributed by atoms with van der Waals surface area (Å²) >= 11 is 0. The van der Waals surface area contributed by atoms with Gasteiger partial charge in [-0.1, -0.05) is 0 Å². The predicted octanol–water partition coefficient (Wildman–Crippen LogP) is -0.579. The van der Waals surface area contributed by atoms with Gasteiger partial charge in [0.25, 0.3) is 0 Å². The molecule has 6 nitrogen and oxygen atoms in total. The quantitative estimate of drug-likeness (QED) is 0.586. The molecule has 0 saturated heterocycles. The summed E-state index contributed by atoms with van der Waals surface area (Å²) in [4.78, 5) is 12.8. The zero-order valence-corrected chi connectivity index (χ0v) is 10.8. The number of methoxy groups -OCH3 is 1. The maximum Gasteiger partial charge on any atom is 0.219 e. The largest absolute Gasteiger partial charge is 0.385 e. The van der Waals surface area contributed by atoms with Crippen molar-refractivity contribution in [2.75, 3.05) is 39.6 Å². The zero-order valence-electron chi connectivity index (χ0n) is 10.0. The number of amides is 1. The van der Waals surface area contributed by atoms with E-state index in [0.29, 0.717) is 19.7 Å². The van der Waals surface area contributed by atoms with E-state index in [2.05, 4.69) is 4.72 Å². The van der Waals surface area contributed by atoms with Crippen molar-refractivity contribution in [2.24, 2.45) is 0 Å². The molecule has 1 amide bonds. The molecule has 0 bridgehead atoms. The van der Waals surface area contributed by atoms with Crippen LogP contribution in [0, 0.1) is 0 Å². The average Bonchev–Trinajstić information content (AvgIpc) is 2.13. The first-order chi connectivity index (χ1) is 7.37. The molecule has 7 heteroatoms. The minimum atomic E-state index is -3.18. The molecular formula is C9H20N2O4S. The molecule has 0 rings (SSSR count). The molecule has 0 aromatic carbocycles. The minimum absolute atomic E-state index is 0.0635. The van der Waals surface area contributed by atoms with Gasteiger partial charge in [0.2, 0.25) is 15.9 Å². The molecular weight excluding hydrogens is 232 g/mol. The summed E-state index contributed by atoms with van der Waals surface area (Å²) in [5.74, 6) is -0.0635. The van der Waals surface area contributed by atoms with Gasteiger partial charge in [-0.05, 0) is 6.42 Å². The fraction of sp³-hybridized carbons (Fsp3) is 0.889. The summed E-state index contributed by atoms with van der Waals surface area (Å²) in [5.41, 5.74) is 0. The van der Waals surface area contributed by atoms with Crippen LogP contribution in [0.15, 0.2) is 0 Å². The fourth-order valence-corrected chi connectivity index (χ4v) is 1.65. The topological polar surface area (TPSA) is 75.7 Å². The highest BCUT2D eigenvalue weighted by Gasteiger charge is 2.08. The molecule has 0 aromatic rings. The second-order valence-corrected chi connectivity index (χ2v) is 5.35. The van der Waals surface area contributed by atoms with E-state index < -0.39 is 10.0 Å². The third-order valence-electron chi connectivity index (χ3n) is 1.97. The summed E-state index contributed by atoms with van der Waals surface area (Å²) in [7, 11) is -1.58. The van der Waals surface area contributed by atoms with Crippen LogP contribution in [-0.4, -0.2) is 58.8 Å². The first kappa shape index (κ1) is 15.3. The highest BCUT2D eigenvalue weighted by molar-refractivity contribution is 7.88. The maximum atomic E-state index is 11.2. The average molecular weight is 252 g/mol. The minimum Gasteiger partial charge on any atom is -0.385 e. The number of rotatable bonds is 8. The smallest absolute Gasteiger partial charge is 0.219 e. The van der Waals surface area contributed by atoms with Crippen molar-refractivity contribution in [3.05, 3.63) is 0 Å². The van der Waals surface area contributed by atoms with Crippen LogP contribution < -0.4 is 4.72 Å². The number of ether oxygens (including phenoxy) is 1. The number of nitrogens with one attached hydrogen (secondary N) is 1. The van der Waals surface area contributed by atoms with Crippen LogP contribution in [0.2, 0.25) is 0 Å². The monoisotopic (exact) mass is 252 g/mol. The Morgan fingerprint density at radius 3 is 2.44 bits per heavy atom. The van der Waals surface area contributed by atoms with Crippen molar-refractivity contribution < 1.29 is 17.9 Å². The number of carbonyl (C=O) groups is 1. The number of carbonyl (C=O) groups excluding carboxylic acids is 1. The van der Waals surface area contributed by atoms with E-state index in [1.165, 1.54) is 6.92 Å².